The molecule has 0 aliphatic heterocycles. The number of carboxylic acid groups (broad SMARTS) is 1. The van der Waals surface area contributed by atoms with Gasteiger partial charge in [-0.2, -0.15) is 0 Å². The maximum absolute atomic E-state index is 10.1. The standard InChI is InChI=1S/C7H13NO3/c1-4(8-7(10)11)6(9)5-2-3-5/h4-6,8-9H,2-3H2,1H3,(H,10,11)/t4-,6?/m1/s1. The summed E-state index contributed by atoms with van der Waals surface area (Å²) >= 11 is 0. The van der Waals surface area contributed by atoms with Crippen LogP contribution in [0.5, 0.6) is 0 Å². The van der Waals surface area contributed by atoms with Crippen LogP contribution in [0.25, 0.3) is 0 Å². The lowest BCUT2D eigenvalue weighted by Crippen LogP contribution is -2.41. The fraction of sp³-hybridized carbons (Fsp3) is 0.857. The average molecular weight is 159 g/mol. The molecule has 11 heavy (non-hydrogen) atoms. The normalized spacial score (nSPS) is 22.4. The van der Waals surface area contributed by atoms with Gasteiger partial charge in [0.15, 0.2) is 0 Å². The maximum atomic E-state index is 10.1. The van der Waals surface area contributed by atoms with Crippen LogP contribution in [0.2, 0.25) is 0 Å². The third-order valence-electron chi connectivity index (χ3n) is 1.97. The largest absolute Gasteiger partial charge is 0.465 e. The summed E-state index contributed by atoms with van der Waals surface area (Å²) in [5.74, 6) is 0.317. The van der Waals surface area contributed by atoms with Gasteiger partial charge in [-0.05, 0) is 25.7 Å². The van der Waals surface area contributed by atoms with Gasteiger partial charge in [-0.25, -0.2) is 4.79 Å². The van der Waals surface area contributed by atoms with Crippen LogP contribution < -0.4 is 5.32 Å². The molecule has 0 spiro atoms. The summed E-state index contributed by atoms with van der Waals surface area (Å²) in [5.41, 5.74) is 0. The number of aliphatic hydroxyl groups is 1. The second-order valence-corrected chi connectivity index (χ2v) is 3.07. The number of amides is 1. The second-order valence-electron chi connectivity index (χ2n) is 3.07. The van der Waals surface area contributed by atoms with Crippen LogP contribution in [0.15, 0.2) is 0 Å². The number of aliphatic hydroxyl groups excluding tert-OH is 1. The SMILES string of the molecule is C[C@@H](NC(=O)O)C(O)C1CC1. The highest BCUT2D eigenvalue weighted by Crippen LogP contribution is 2.33. The van der Waals surface area contributed by atoms with E-state index in [9.17, 15) is 9.90 Å². The van der Waals surface area contributed by atoms with Gasteiger partial charge in [0.1, 0.15) is 0 Å². The first-order valence-electron chi connectivity index (χ1n) is 3.79. The van der Waals surface area contributed by atoms with Gasteiger partial charge in [0.25, 0.3) is 0 Å². The molecule has 1 aliphatic rings. The lowest BCUT2D eigenvalue weighted by Gasteiger charge is -2.17. The average Bonchev–Trinajstić information content (AvgIpc) is 2.65. The first kappa shape index (κ1) is 8.33. The summed E-state index contributed by atoms with van der Waals surface area (Å²) in [6.07, 6.45) is 0.461. The van der Waals surface area contributed by atoms with Crippen molar-refractivity contribution in [2.45, 2.75) is 31.9 Å². The molecule has 0 aromatic rings. The van der Waals surface area contributed by atoms with Crippen LogP contribution in [0.3, 0.4) is 0 Å². The van der Waals surface area contributed by atoms with Crippen LogP contribution >= 0.6 is 0 Å². The van der Waals surface area contributed by atoms with Crippen molar-refractivity contribution in [3.8, 4) is 0 Å². The second kappa shape index (κ2) is 3.09. The molecule has 1 fully saturated rings. The van der Waals surface area contributed by atoms with Gasteiger partial charge < -0.3 is 15.5 Å². The third kappa shape index (κ3) is 2.38. The van der Waals surface area contributed by atoms with Crippen molar-refractivity contribution < 1.29 is 15.0 Å². The molecule has 0 heterocycles. The zero-order valence-corrected chi connectivity index (χ0v) is 6.45. The van der Waals surface area contributed by atoms with Crippen molar-refractivity contribution in [2.75, 3.05) is 0 Å². The van der Waals surface area contributed by atoms with Crippen molar-refractivity contribution in [3.05, 3.63) is 0 Å². The zero-order chi connectivity index (χ0) is 8.43. The van der Waals surface area contributed by atoms with Crippen molar-refractivity contribution in [1.29, 1.82) is 0 Å². The summed E-state index contributed by atoms with van der Waals surface area (Å²) in [6.45, 7) is 1.68. The van der Waals surface area contributed by atoms with Gasteiger partial charge >= 0.3 is 6.09 Å². The molecular formula is C7H13NO3. The van der Waals surface area contributed by atoms with E-state index in [0.717, 1.165) is 12.8 Å². The molecule has 2 atom stereocenters. The van der Waals surface area contributed by atoms with E-state index < -0.39 is 12.2 Å². The number of rotatable bonds is 3. The minimum Gasteiger partial charge on any atom is -0.465 e. The topological polar surface area (TPSA) is 69.6 Å². The third-order valence-corrected chi connectivity index (χ3v) is 1.97. The van der Waals surface area contributed by atoms with Crippen molar-refractivity contribution in [2.24, 2.45) is 5.92 Å². The molecule has 3 N–H and O–H groups in total. The van der Waals surface area contributed by atoms with E-state index in [1.165, 1.54) is 0 Å². The lowest BCUT2D eigenvalue weighted by atomic mass is 10.1. The van der Waals surface area contributed by atoms with Gasteiger partial charge in [0.2, 0.25) is 0 Å². The predicted octanol–water partition coefficient (Wildman–Crippen LogP) is 0.413. The molecule has 4 heteroatoms. The number of hydrogen-bond acceptors (Lipinski definition) is 2. The molecule has 1 aliphatic carbocycles. The lowest BCUT2D eigenvalue weighted by molar-refractivity contribution is 0.108. The fourth-order valence-electron chi connectivity index (χ4n) is 1.13. The van der Waals surface area contributed by atoms with E-state index in [-0.39, 0.29) is 6.04 Å². The Balaban J connectivity index is 2.26. The number of carbonyl (C=O) groups is 1. The van der Waals surface area contributed by atoms with E-state index in [0.29, 0.717) is 5.92 Å². The van der Waals surface area contributed by atoms with Crippen molar-refractivity contribution in [1.82, 2.24) is 5.32 Å². The molecule has 1 amide bonds. The number of nitrogens with one attached hydrogen (secondary N) is 1. The molecule has 1 unspecified atom stereocenters. The molecule has 64 valence electrons. The van der Waals surface area contributed by atoms with E-state index in [2.05, 4.69) is 5.32 Å². The van der Waals surface area contributed by atoms with Gasteiger partial charge in [0, 0.05) is 0 Å². The monoisotopic (exact) mass is 159 g/mol. The number of hydrogen-bond donors (Lipinski definition) is 3. The molecular weight excluding hydrogens is 146 g/mol. The first-order chi connectivity index (χ1) is 5.11. The molecule has 0 aromatic heterocycles. The minimum atomic E-state index is -1.07. The molecule has 0 saturated heterocycles. The van der Waals surface area contributed by atoms with E-state index >= 15 is 0 Å². The van der Waals surface area contributed by atoms with E-state index in [4.69, 9.17) is 5.11 Å². The molecule has 1 rings (SSSR count). The van der Waals surface area contributed by atoms with Crippen molar-refractivity contribution in [3.63, 3.8) is 0 Å². The van der Waals surface area contributed by atoms with Crippen LogP contribution in [0, 0.1) is 5.92 Å². The quantitative estimate of drug-likeness (QED) is 0.558. The van der Waals surface area contributed by atoms with Gasteiger partial charge in [0.05, 0.1) is 12.1 Å². The van der Waals surface area contributed by atoms with Gasteiger partial charge in [-0.15, -0.1) is 0 Å². The van der Waals surface area contributed by atoms with Crippen molar-refractivity contribution >= 4 is 6.09 Å². The predicted molar refractivity (Wildman–Crippen MR) is 39.4 cm³/mol. The molecule has 4 nitrogen and oxygen atoms in total. The van der Waals surface area contributed by atoms with Crippen LogP contribution in [0.1, 0.15) is 19.8 Å². The Morgan fingerprint density at radius 1 is 1.64 bits per heavy atom. The first-order valence-corrected chi connectivity index (χ1v) is 3.79. The van der Waals surface area contributed by atoms with E-state index in [1.54, 1.807) is 6.92 Å². The summed E-state index contributed by atoms with van der Waals surface area (Å²) in [7, 11) is 0. The van der Waals surface area contributed by atoms with E-state index in [1.807, 2.05) is 0 Å². The fourth-order valence-corrected chi connectivity index (χ4v) is 1.13. The Labute approximate surface area is 65.2 Å². The van der Waals surface area contributed by atoms with Crippen LogP contribution in [0.4, 0.5) is 4.79 Å². The summed E-state index contributed by atoms with van der Waals surface area (Å²) in [6, 6.07) is -0.347. The Bertz CT molecular complexity index is 156. The Kier molecular flexibility index (Phi) is 2.34. The summed E-state index contributed by atoms with van der Waals surface area (Å²) in [5, 5.41) is 19.9. The maximum Gasteiger partial charge on any atom is 0.404 e. The van der Waals surface area contributed by atoms with Crippen LogP contribution in [-0.4, -0.2) is 28.5 Å². The summed E-state index contributed by atoms with van der Waals surface area (Å²) < 4.78 is 0. The highest BCUT2D eigenvalue weighted by Gasteiger charge is 2.33. The Morgan fingerprint density at radius 3 is 2.55 bits per heavy atom. The smallest absolute Gasteiger partial charge is 0.404 e. The van der Waals surface area contributed by atoms with Gasteiger partial charge in [-0.1, -0.05) is 0 Å². The highest BCUT2D eigenvalue weighted by molar-refractivity contribution is 5.64. The molecule has 0 bridgehead atoms. The minimum absolute atomic E-state index is 0.317. The Hall–Kier alpha value is -0.770. The van der Waals surface area contributed by atoms with Crippen LogP contribution in [-0.2, 0) is 0 Å². The van der Waals surface area contributed by atoms with Gasteiger partial charge in [-0.3, -0.25) is 0 Å². The molecule has 1 saturated carbocycles. The zero-order valence-electron chi connectivity index (χ0n) is 6.45. The molecule has 0 aromatic carbocycles. The highest BCUT2D eigenvalue weighted by atomic mass is 16.4. The summed E-state index contributed by atoms with van der Waals surface area (Å²) in [4.78, 5) is 10.1. The molecule has 0 radical (unpaired) electrons. The Morgan fingerprint density at radius 2 is 2.18 bits per heavy atom.